The van der Waals surface area contributed by atoms with Gasteiger partial charge in [0.05, 0.1) is 31.1 Å². The Hall–Kier alpha value is -1.82. The number of pyridine rings is 1. The summed E-state index contributed by atoms with van der Waals surface area (Å²) in [5.74, 6) is 0.463. The minimum atomic E-state index is -0.518. The van der Waals surface area contributed by atoms with Crippen LogP contribution in [0.1, 0.15) is 20.8 Å². The summed E-state index contributed by atoms with van der Waals surface area (Å²) >= 11 is 0. The van der Waals surface area contributed by atoms with E-state index in [1.165, 1.54) is 0 Å². The molecule has 0 spiro atoms. The van der Waals surface area contributed by atoms with Crippen LogP contribution in [-0.2, 0) is 9.47 Å². The van der Waals surface area contributed by atoms with Crippen molar-refractivity contribution in [3.05, 3.63) is 18.3 Å². The van der Waals surface area contributed by atoms with E-state index in [4.69, 9.17) is 9.47 Å². The second-order valence-corrected chi connectivity index (χ2v) is 5.44. The highest BCUT2D eigenvalue weighted by atomic mass is 16.6. The maximum Gasteiger partial charge on any atom is 0.413 e. The van der Waals surface area contributed by atoms with E-state index >= 15 is 0 Å². The molecule has 0 aliphatic carbocycles. The Kier molecular flexibility index (Phi) is 3.90. The smallest absolute Gasteiger partial charge is 0.413 e. The van der Waals surface area contributed by atoms with Crippen LogP contribution >= 0.6 is 0 Å². The molecule has 0 unspecified atom stereocenters. The molecule has 19 heavy (non-hydrogen) atoms. The van der Waals surface area contributed by atoms with E-state index in [1.807, 2.05) is 26.8 Å². The van der Waals surface area contributed by atoms with E-state index in [2.05, 4.69) is 15.6 Å². The topological polar surface area (TPSA) is 72.5 Å². The number of hydrogen-bond donors (Lipinski definition) is 2. The first-order valence-corrected chi connectivity index (χ1v) is 6.23. The largest absolute Gasteiger partial charge is 0.444 e. The van der Waals surface area contributed by atoms with Crippen molar-refractivity contribution >= 4 is 17.6 Å². The van der Waals surface area contributed by atoms with E-state index in [9.17, 15) is 4.79 Å². The summed E-state index contributed by atoms with van der Waals surface area (Å²) in [6.45, 7) is 6.88. The van der Waals surface area contributed by atoms with Crippen molar-refractivity contribution in [3.63, 3.8) is 0 Å². The molecule has 0 atom stereocenters. The van der Waals surface area contributed by atoms with Crippen molar-refractivity contribution in [2.75, 3.05) is 23.8 Å². The predicted molar refractivity (Wildman–Crippen MR) is 72.3 cm³/mol. The van der Waals surface area contributed by atoms with E-state index in [0.717, 1.165) is 18.9 Å². The molecule has 2 rings (SSSR count). The Morgan fingerprint density at radius 3 is 2.63 bits per heavy atom. The van der Waals surface area contributed by atoms with Crippen molar-refractivity contribution in [1.82, 2.24) is 4.98 Å². The van der Waals surface area contributed by atoms with Gasteiger partial charge in [-0.05, 0) is 32.9 Å². The summed E-state index contributed by atoms with van der Waals surface area (Å²) in [4.78, 5) is 15.7. The predicted octanol–water partition coefficient (Wildman–Crippen LogP) is 2.24. The van der Waals surface area contributed by atoms with Crippen LogP contribution in [0.15, 0.2) is 18.3 Å². The molecule has 104 valence electrons. The number of anilines is 2. The Morgan fingerprint density at radius 1 is 1.42 bits per heavy atom. The number of nitrogens with one attached hydrogen (secondary N) is 2. The summed E-state index contributed by atoms with van der Waals surface area (Å²) in [6.07, 6.45) is 1.17. The summed E-state index contributed by atoms with van der Waals surface area (Å²) in [5, 5.41) is 5.85. The van der Waals surface area contributed by atoms with Crippen LogP contribution in [0.2, 0.25) is 0 Å². The molecule has 1 aromatic heterocycles. The van der Waals surface area contributed by atoms with Crippen LogP contribution in [-0.4, -0.2) is 35.9 Å². The molecule has 2 N–H and O–H groups in total. The first kappa shape index (κ1) is 13.6. The lowest BCUT2D eigenvalue weighted by Crippen LogP contribution is -2.40. The molecule has 1 amide bonds. The molecule has 1 fully saturated rings. The third-order valence-electron chi connectivity index (χ3n) is 2.40. The van der Waals surface area contributed by atoms with Crippen LogP contribution in [0.25, 0.3) is 0 Å². The Labute approximate surface area is 112 Å². The lowest BCUT2D eigenvalue weighted by molar-refractivity contribution is 0.0211. The minimum absolute atomic E-state index is 0.353. The number of nitrogens with zero attached hydrogens (tertiary/aromatic N) is 1. The van der Waals surface area contributed by atoms with Crippen molar-refractivity contribution in [1.29, 1.82) is 0 Å². The monoisotopic (exact) mass is 265 g/mol. The van der Waals surface area contributed by atoms with E-state index in [0.29, 0.717) is 11.9 Å². The molecule has 2 heterocycles. The lowest BCUT2D eigenvalue weighted by atomic mass is 10.2. The molecular weight excluding hydrogens is 246 g/mol. The summed E-state index contributed by atoms with van der Waals surface area (Å²) in [5.41, 5.74) is 0.388. The Balaban J connectivity index is 1.85. The van der Waals surface area contributed by atoms with Gasteiger partial charge in [-0.25, -0.2) is 9.78 Å². The third kappa shape index (κ3) is 4.40. The number of carbonyl (C=O) groups excluding carboxylic acids is 1. The van der Waals surface area contributed by atoms with Crippen LogP contribution < -0.4 is 10.6 Å². The molecule has 1 aliphatic heterocycles. The number of amides is 1. The standard InChI is InChI=1S/C13H19N3O3/c1-13(2,3)19-12(17)16-11-5-4-9(6-14-11)15-10-7-18-8-10/h4-6,10,15H,7-8H2,1-3H3,(H,14,16,17). The number of carbonyl (C=O) groups is 1. The first-order valence-electron chi connectivity index (χ1n) is 6.23. The van der Waals surface area contributed by atoms with Gasteiger partial charge in [-0.2, -0.15) is 0 Å². The number of rotatable bonds is 3. The molecule has 1 aromatic rings. The van der Waals surface area contributed by atoms with Crippen molar-refractivity contribution in [2.45, 2.75) is 32.4 Å². The average Bonchev–Trinajstić information content (AvgIpc) is 2.23. The van der Waals surface area contributed by atoms with Gasteiger partial charge >= 0.3 is 6.09 Å². The van der Waals surface area contributed by atoms with Crippen molar-refractivity contribution in [3.8, 4) is 0 Å². The van der Waals surface area contributed by atoms with E-state index in [1.54, 1.807) is 12.3 Å². The Morgan fingerprint density at radius 2 is 2.16 bits per heavy atom. The van der Waals surface area contributed by atoms with Gasteiger partial charge < -0.3 is 14.8 Å². The molecule has 6 heteroatoms. The number of aromatic nitrogens is 1. The normalized spacial score (nSPS) is 15.5. The van der Waals surface area contributed by atoms with Gasteiger partial charge in [0.1, 0.15) is 11.4 Å². The van der Waals surface area contributed by atoms with Crippen LogP contribution in [0, 0.1) is 0 Å². The number of hydrogen-bond acceptors (Lipinski definition) is 5. The maximum atomic E-state index is 11.5. The van der Waals surface area contributed by atoms with Gasteiger partial charge in [0, 0.05) is 0 Å². The zero-order chi connectivity index (χ0) is 13.9. The van der Waals surface area contributed by atoms with Gasteiger partial charge in [-0.3, -0.25) is 5.32 Å². The average molecular weight is 265 g/mol. The van der Waals surface area contributed by atoms with Crippen LogP contribution in [0.5, 0.6) is 0 Å². The first-order chi connectivity index (χ1) is 8.92. The molecule has 1 aliphatic rings. The molecule has 0 aromatic carbocycles. The summed E-state index contributed by atoms with van der Waals surface area (Å²) in [6, 6.07) is 3.94. The molecule has 0 saturated carbocycles. The third-order valence-corrected chi connectivity index (χ3v) is 2.40. The van der Waals surface area contributed by atoms with Crippen molar-refractivity contribution in [2.24, 2.45) is 0 Å². The van der Waals surface area contributed by atoms with Crippen LogP contribution in [0.3, 0.4) is 0 Å². The fraction of sp³-hybridized carbons (Fsp3) is 0.538. The van der Waals surface area contributed by atoms with Crippen LogP contribution in [0.4, 0.5) is 16.3 Å². The maximum absolute atomic E-state index is 11.5. The lowest BCUT2D eigenvalue weighted by Gasteiger charge is -2.27. The number of ether oxygens (including phenoxy) is 2. The fourth-order valence-corrected chi connectivity index (χ4v) is 1.52. The van der Waals surface area contributed by atoms with E-state index in [-0.39, 0.29) is 0 Å². The van der Waals surface area contributed by atoms with Gasteiger partial charge in [0.2, 0.25) is 0 Å². The SMILES string of the molecule is CC(C)(C)OC(=O)Nc1ccc(NC2COC2)cn1. The van der Waals surface area contributed by atoms with Gasteiger partial charge in [-0.1, -0.05) is 0 Å². The fourth-order valence-electron chi connectivity index (χ4n) is 1.52. The minimum Gasteiger partial charge on any atom is -0.444 e. The highest BCUT2D eigenvalue weighted by Crippen LogP contribution is 2.15. The highest BCUT2D eigenvalue weighted by Gasteiger charge is 2.18. The highest BCUT2D eigenvalue weighted by molar-refractivity contribution is 5.83. The second kappa shape index (κ2) is 5.44. The molecule has 0 radical (unpaired) electrons. The van der Waals surface area contributed by atoms with Gasteiger partial charge in [0.15, 0.2) is 0 Å². The zero-order valence-corrected chi connectivity index (χ0v) is 11.4. The molecule has 1 saturated heterocycles. The molecular formula is C13H19N3O3. The molecule has 6 nitrogen and oxygen atoms in total. The quantitative estimate of drug-likeness (QED) is 0.877. The van der Waals surface area contributed by atoms with E-state index < -0.39 is 11.7 Å². The van der Waals surface area contributed by atoms with Gasteiger partial charge in [-0.15, -0.1) is 0 Å². The van der Waals surface area contributed by atoms with Gasteiger partial charge in [0.25, 0.3) is 0 Å². The summed E-state index contributed by atoms with van der Waals surface area (Å²) in [7, 11) is 0. The van der Waals surface area contributed by atoms with Crippen molar-refractivity contribution < 1.29 is 14.3 Å². The molecule has 0 bridgehead atoms. The second-order valence-electron chi connectivity index (χ2n) is 5.44. The summed E-state index contributed by atoms with van der Waals surface area (Å²) < 4.78 is 10.2. The zero-order valence-electron chi connectivity index (χ0n) is 11.4. The Bertz CT molecular complexity index is 435.